The van der Waals surface area contributed by atoms with E-state index < -0.39 is 0 Å². The lowest BCUT2D eigenvalue weighted by Gasteiger charge is -2.29. The van der Waals surface area contributed by atoms with Crippen molar-refractivity contribution in [1.29, 1.82) is 0 Å². The molecule has 2 heterocycles. The molecule has 2 N–H and O–H groups in total. The van der Waals surface area contributed by atoms with Crippen LogP contribution in [0.1, 0.15) is 25.1 Å². The summed E-state index contributed by atoms with van der Waals surface area (Å²) in [5.74, 6) is 1.17. The van der Waals surface area contributed by atoms with Gasteiger partial charge in [-0.2, -0.15) is 4.98 Å². The zero-order valence-electron chi connectivity index (χ0n) is 13.3. The normalized spacial score (nSPS) is 16.9. The summed E-state index contributed by atoms with van der Waals surface area (Å²) in [6.45, 7) is 4.19. The summed E-state index contributed by atoms with van der Waals surface area (Å²) in [5.41, 5.74) is 7.98. The molecule has 0 bridgehead atoms. The van der Waals surface area contributed by atoms with Crippen LogP contribution in [0.2, 0.25) is 0 Å². The predicted octanol–water partition coefficient (Wildman–Crippen LogP) is 2.61. The molecule has 0 spiro atoms. The van der Waals surface area contributed by atoms with Crippen LogP contribution in [0.4, 0.5) is 11.4 Å². The second-order valence-corrected chi connectivity index (χ2v) is 5.48. The molecule has 6 nitrogen and oxygen atoms in total. The second-order valence-electron chi connectivity index (χ2n) is 5.48. The molecule has 0 saturated heterocycles. The largest absolute Gasteiger partial charge is 0.373 e. The van der Waals surface area contributed by atoms with E-state index in [-0.39, 0.29) is 31.4 Å². The number of aromatic nitrogens is 2. The van der Waals surface area contributed by atoms with E-state index in [0.717, 1.165) is 13.0 Å². The molecule has 0 aliphatic carbocycles. The molecule has 0 radical (unpaired) electrons. The molecule has 0 saturated carbocycles. The number of fused-ring (bicyclic) bond motifs is 1. The van der Waals surface area contributed by atoms with Crippen molar-refractivity contribution < 1.29 is 4.52 Å². The smallest absolute Gasteiger partial charge is 0.240 e. The highest BCUT2D eigenvalue weighted by molar-refractivity contribution is 5.85. The molecule has 3 rings (SSSR count). The van der Waals surface area contributed by atoms with E-state index in [1.54, 1.807) is 0 Å². The maximum absolute atomic E-state index is 5.53. The fraction of sp³-hybridized carbons (Fsp3) is 0.467. The third-order valence-electron chi connectivity index (χ3n) is 4.01. The van der Waals surface area contributed by atoms with E-state index in [1.165, 1.54) is 11.4 Å². The molecule has 1 atom stereocenters. The first-order chi connectivity index (χ1) is 10.2. The zero-order valence-corrected chi connectivity index (χ0v) is 14.9. The molecule has 1 aliphatic rings. The van der Waals surface area contributed by atoms with Crippen LogP contribution in [0, 0.1) is 0 Å². The minimum Gasteiger partial charge on any atom is -0.373 e. The molecule has 23 heavy (non-hydrogen) atoms. The van der Waals surface area contributed by atoms with Crippen molar-refractivity contribution in [3.63, 3.8) is 0 Å². The Morgan fingerprint density at radius 3 is 2.61 bits per heavy atom. The molecular weight excluding hydrogens is 337 g/mol. The predicted molar refractivity (Wildman–Crippen MR) is 96.7 cm³/mol. The molecule has 0 amide bonds. The van der Waals surface area contributed by atoms with Crippen LogP contribution in [-0.4, -0.2) is 29.8 Å². The Morgan fingerprint density at radius 2 is 1.96 bits per heavy atom. The quantitative estimate of drug-likeness (QED) is 0.907. The van der Waals surface area contributed by atoms with E-state index in [2.05, 4.69) is 58.2 Å². The van der Waals surface area contributed by atoms with Crippen molar-refractivity contribution in [2.24, 2.45) is 5.73 Å². The van der Waals surface area contributed by atoms with Crippen molar-refractivity contribution in [2.45, 2.75) is 32.5 Å². The number of hydrogen-bond acceptors (Lipinski definition) is 6. The van der Waals surface area contributed by atoms with E-state index in [9.17, 15) is 0 Å². The van der Waals surface area contributed by atoms with Gasteiger partial charge in [0.15, 0.2) is 5.82 Å². The zero-order chi connectivity index (χ0) is 14.8. The van der Waals surface area contributed by atoms with Crippen molar-refractivity contribution in [2.75, 3.05) is 23.4 Å². The van der Waals surface area contributed by atoms with Gasteiger partial charge in [-0.15, -0.1) is 24.8 Å². The fourth-order valence-corrected chi connectivity index (χ4v) is 2.75. The van der Waals surface area contributed by atoms with E-state index >= 15 is 0 Å². The van der Waals surface area contributed by atoms with Gasteiger partial charge in [0.25, 0.3) is 0 Å². The highest BCUT2D eigenvalue weighted by Crippen LogP contribution is 2.34. The first-order valence-electron chi connectivity index (χ1n) is 7.27. The molecular formula is C15H23Cl2N5O. The van der Waals surface area contributed by atoms with Gasteiger partial charge < -0.3 is 20.1 Å². The summed E-state index contributed by atoms with van der Waals surface area (Å²) >= 11 is 0. The van der Waals surface area contributed by atoms with Crippen LogP contribution in [0.3, 0.4) is 0 Å². The highest BCUT2D eigenvalue weighted by atomic mass is 35.5. The summed E-state index contributed by atoms with van der Waals surface area (Å²) in [4.78, 5) is 8.96. The second kappa shape index (κ2) is 8.38. The minimum atomic E-state index is 0. The van der Waals surface area contributed by atoms with Crippen molar-refractivity contribution in [1.82, 2.24) is 10.1 Å². The van der Waals surface area contributed by atoms with Gasteiger partial charge in [-0.25, -0.2) is 0 Å². The lowest BCUT2D eigenvalue weighted by atomic mass is 10.2. The minimum absolute atomic E-state index is 0. The number of hydrogen-bond donors (Lipinski definition) is 1. The molecule has 1 aromatic carbocycles. The molecule has 128 valence electrons. The van der Waals surface area contributed by atoms with E-state index in [0.29, 0.717) is 24.3 Å². The van der Waals surface area contributed by atoms with Gasteiger partial charge in [0.2, 0.25) is 5.89 Å². The van der Waals surface area contributed by atoms with Gasteiger partial charge in [-0.05, 0) is 25.5 Å². The Kier molecular flexibility index (Phi) is 7.12. The topological polar surface area (TPSA) is 71.4 Å². The highest BCUT2D eigenvalue weighted by Gasteiger charge is 2.24. The Balaban J connectivity index is 0.00000132. The number of nitrogens with zero attached hydrogens (tertiary/aromatic N) is 4. The molecule has 2 aromatic rings. The lowest BCUT2D eigenvalue weighted by Crippen LogP contribution is -2.32. The standard InChI is InChI=1S/C15H21N5O.2ClH/c1-11-7-8-19(2)12-5-3-4-6-13(12)20(11)10-14-17-15(9-16)21-18-14;;/h3-6,11H,7-10,16H2,1-2H3;2*1H. The number of halogens is 2. The number of nitrogens with two attached hydrogens (primary N) is 1. The van der Waals surface area contributed by atoms with Gasteiger partial charge in [0.1, 0.15) is 0 Å². The number of anilines is 2. The lowest BCUT2D eigenvalue weighted by molar-refractivity contribution is 0.373. The van der Waals surface area contributed by atoms with Crippen molar-refractivity contribution >= 4 is 36.2 Å². The average Bonchev–Trinajstić information content (AvgIpc) is 2.93. The van der Waals surface area contributed by atoms with Gasteiger partial charge in [0, 0.05) is 19.6 Å². The van der Waals surface area contributed by atoms with Crippen LogP contribution in [-0.2, 0) is 13.1 Å². The fourth-order valence-electron chi connectivity index (χ4n) is 2.75. The van der Waals surface area contributed by atoms with Gasteiger partial charge in [0.05, 0.1) is 24.5 Å². The molecule has 0 fully saturated rings. The average molecular weight is 360 g/mol. The van der Waals surface area contributed by atoms with Gasteiger partial charge in [-0.1, -0.05) is 17.3 Å². The van der Waals surface area contributed by atoms with Crippen LogP contribution in [0.25, 0.3) is 0 Å². The molecule has 8 heteroatoms. The number of rotatable bonds is 3. The summed E-state index contributed by atoms with van der Waals surface area (Å²) in [6.07, 6.45) is 1.09. The van der Waals surface area contributed by atoms with Crippen LogP contribution in [0.15, 0.2) is 28.8 Å². The monoisotopic (exact) mass is 359 g/mol. The first-order valence-corrected chi connectivity index (χ1v) is 7.27. The van der Waals surface area contributed by atoms with Crippen LogP contribution in [0.5, 0.6) is 0 Å². The van der Waals surface area contributed by atoms with Crippen molar-refractivity contribution in [3.05, 3.63) is 36.0 Å². The number of para-hydroxylation sites is 2. The summed E-state index contributed by atoms with van der Waals surface area (Å²) in [5, 5.41) is 4.02. The SMILES string of the molecule is CC1CCN(C)c2ccccc2N1Cc1noc(CN)n1.Cl.Cl. The third-order valence-corrected chi connectivity index (χ3v) is 4.01. The van der Waals surface area contributed by atoms with Gasteiger partial charge in [-0.3, -0.25) is 0 Å². The molecule has 1 aromatic heterocycles. The maximum Gasteiger partial charge on any atom is 0.240 e. The Labute approximate surface area is 148 Å². The number of benzene rings is 1. The third kappa shape index (κ3) is 4.07. The summed E-state index contributed by atoms with van der Waals surface area (Å²) < 4.78 is 5.11. The van der Waals surface area contributed by atoms with E-state index in [4.69, 9.17) is 10.3 Å². The van der Waals surface area contributed by atoms with E-state index in [1.807, 2.05) is 0 Å². The Morgan fingerprint density at radius 1 is 1.26 bits per heavy atom. The maximum atomic E-state index is 5.53. The van der Waals surface area contributed by atoms with Crippen molar-refractivity contribution in [3.8, 4) is 0 Å². The molecule has 1 unspecified atom stereocenters. The summed E-state index contributed by atoms with van der Waals surface area (Å²) in [7, 11) is 2.13. The van der Waals surface area contributed by atoms with Crippen LogP contribution < -0.4 is 15.5 Å². The Bertz CT molecular complexity index is 621. The Hall–Kier alpha value is -1.50. The van der Waals surface area contributed by atoms with Crippen LogP contribution >= 0.6 is 24.8 Å². The van der Waals surface area contributed by atoms with Gasteiger partial charge >= 0.3 is 0 Å². The molecule has 1 aliphatic heterocycles. The first kappa shape index (κ1) is 19.5. The summed E-state index contributed by atoms with van der Waals surface area (Å²) in [6, 6.07) is 8.86.